The van der Waals surface area contributed by atoms with Crippen molar-refractivity contribution < 1.29 is 27.6 Å². The van der Waals surface area contributed by atoms with Gasteiger partial charge in [-0.2, -0.15) is 13.2 Å². The maximum atomic E-state index is 12.6. The van der Waals surface area contributed by atoms with Crippen molar-refractivity contribution in [2.45, 2.75) is 6.18 Å². The van der Waals surface area contributed by atoms with Crippen LogP contribution in [0.25, 0.3) is 0 Å². The van der Waals surface area contributed by atoms with Crippen molar-refractivity contribution >= 4 is 17.3 Å². The Morgan fingerprint density at radius 1 is 1.17 bits per heavy atom. The fourth-order valence-corrected chi connectivity index (χ4v) is 1.82. The minimum Gasteiger partial charge on any atom is -0.477 e. The van der Waals surface area contributed by atoms with Crippen LogP contribution in [0, 0.1) is 10.1 Å². The molecule has 0 radical (unpaired) electrons. The summed E-state index contributed by atoms with van der Waals surface area (Å²) in [6.07, 6.45) is -4.71. The standard InChI is InChI=1S/C15H11F3N2O4/c16-15(17,18)10-6-7-13(12(8-10)20(22)23)24-9-14(21)19-11-4-2-1-3-5-11/h1-8H,9H2,(H,19,21). The summed E-state index contributed by atoms with van der Waals surface area (Å²) >= 11 is 0. The summed E-state index contributed by atoms with van der Waals surface area (Å²) < 4.78 is 42.8. The molecule has 1 amide bonds. The Balaban J connectivity index is 2.09. The number of para-hydroxylation sites is 1. The molecule has 2 aromatic rings. The number of nitrogens with zero attached hydrogens (tertiary/aromatic N) is 1. The van der Waals surface area contributed by atoms with Crippen LogP contribution in [-0.2, 0) is 11.0 Å². The molecule has 9 heteroatoms. The average molecular weight is 340 g/mol. The van der Waals surface area contributed by atoms with E-state index in [4.69, 9.17) is 4.74 Å². The number of hydrogen-bond donors (Lipinski definition) is 1. The minimum atomic E-state index is -4.71. The predicted octanol–water partition coefficient (Wildman–Crippen LogP) is 3.63. The molecule has 0 bridgehead atoms. The van der Waals surface area contributed by atoms with Crippen molar-refractivity contribution in [1.29, 1.82) is 0 Å². The number of carbonyl (C=O) groups is 1. The molecule has 0 aliphatic carbocycles. The van der Waals surface area contributed by atoms with Crippen LogP contribution in [0.3, 0.4) is 0 Å². The van der Waals surface area contributed by atoms with Gasteiger partial charge in [-0.25, -0.2) is 0 Å². The first kappa shape index (κ1) is 17.3. The van der Waals surface area contributed by atoms with E-state index >= 15 is 0 Å². The molecule has 0 heterocycles. The molecular formula is C15H11F3N2O4. The molecule has 0 aliphatic heterocycles. The van der Waals surface area contributed by atoms with Crippen LogP contribution in [0.2, 0.25) is 0 Å². The number of benzene rings is 2. The molecule has 0 aliphatic rings. The molecule has 0 saturated carbocycles. The second-order valence-corrected chi connectivity index (χ2v) is 4.64. The van der Waals surface area contributed by atoms with Gasteiger partial charge >= 0.3 is 11.9 Å². The van der Waals surface area contributed by atoms with E-state index in [2.05, 4.69) is 5.32 Å². The predicted molar refractivity (Wildman–Crippen MR) is 78.7 cm³/mol. The topological polar surface area (TPSA) is 81.5 Å². The van der Waals surface area contributed by atoms with Gasteiger partial charge < -0.3 is 10.1 Å². The van der Waals surface area contributed by atoms with Gasteiger partial charge in [0.25, 0.3) is 5.91 Å². The van der Waals surface area contributed by atoms with E-state index in [9.17, 15) is 28.1 Å². The highest BCUT2D eigenvalue weighted by Crippen LogP contribution is 2.35. The summed E-state index contributed by atoms with van der Waals surface area (Å²) in [6, 6.07) is 10.2. The Bertz CT molecular complexity index is 748. The number of nitro benzene ring substituents is 1. The molecular weight excluding hydrogens is 329 g/mol. The first-order chi connectivity index (χ1) is 11.3. The van der Waals surface area contributed by atoms with Crippen LogP contribution in [0.4, 0.5) is 24.5 Å². The Labute approximate surface area is 134 Å². The lowest BCUT2D eigenvalue weighted by atomic mass is 10.2. The normalized spacial score (nSPS) is 11.0. The molecule has 2 rings (SSSR count). The quantitative estimate of drug-likeness (QED) is 0.666. The summed E-state index contributed by atoms with van der Waals surface area (Å²) in [5.74, 6) is -1.02. The lowest BCUT2D eigenvalue weighted by Gasteiger charge is -2.10. The number of hydrogen-bond acceptors (Lipinski definition) is 4. The highest BCUT2D eigenvalue weighted by atomic mass is 19.4. The Hall–Kier alpha value is -3.10. The van der Waals surface area contributed by atoms with E-state index in [-0.39, 0.29) is 0 Å². The highest BCUT2D eigenvalue weighted by molar-refractivity contribution is 5.91. The van der Waals surface area contributed by atoms with Crippen molar-refractivity contribution in [2.24, 2.45) is 0 Å². The third kappa shape index (κ3) is 4.45. The molecule has 24 heavy (non-hydrogen) atoms. The van der Waals surface area contributed by atoms with Gasteiger partial charge in [0, 0.05) is 11.8 Å². The van der Waals surface area contributed by atoms with Gasteiger partial charge in [0.15, 0.2) is 12.4 Å². The number of ether oxygens (including phenoxy) is 1. The summed E-state index contributed by atoms with van der Waals surface area (Å²) in [4.78, 5) is 21.6. The van der Waals surface area contributed by atoms with Crippen molar-refractivity contribution in [1.82, 2.24) is 0 Å². The maximum absolute atomic E-state index is 12.6. The van der Waals surface area contributed by atoms with Gasteiger partial charge in [-0.3, -0.25) is 14.9 Å². The monoisotopic (exact) mass is 340 g/mol. The van der Waals surface area contributed by atoms with Gasteiger partial charge in [0.05, 0.1) is 10.5 Å². The van der Waals surface area contributed by atoms with Crippen LogP contribution < -0.4 is 10.1 Å². The van der Waals surface area contributed by atoms with Crippen LogP contribution in [0.1, 0.15) is 5.56 Å². The van der Waals surface area contributed by atoms with Crippen molar-refractivity contribution in [2.75, 3.05) is 11.9 Å². The molecule has 6 nitrogen and oxygen atoms in total. The molecule has 0 atom stereocenters. The van der Waals surface area contributed by atoms with Gasteiger partial charge in [0.1, 0.15) is 0 Å². The van der Waals surface area contributed by atoms with Crippen molar-refractivity contribution in [3.63, 3.8) is 0 Å². The number of carbonyl (C=O) groups excluding carboxylic acids is 1. The molecule has 0 spiro atoms. The molecule has 0 saturated heterocycles. The minimum absolute atomic E-state index is 0.366. The van der Waals surface area contributed by atoms with Gasteiger partial charge in [-0.1, -0.05) is 18.2 Å². The molecule has 2 aromatic carbocycles. The van der Waals surface area contributed by atoms with E-state index in [0.717, 1.165) is 6.07 Å². The first-order valence-corrected chi connectivity index (χ1v) is 6.60. The summed E-state index contributed by atoms with van der Waals surface area (Å²) in [6.45, 7) is -0.582. The van der Waals surface area contributed by atoms with E-state index in [1.165, 1.54) is 0 Å². The average Bonchev–Trinajstić information content (AvgIpc) is 2.52. The third-order valence-electron chi connectivity index (χ3n) is 2.90. The lowest BCUT2D eigenvalue weighted by Crippen LogP contribution is -2.20. The maximum Gasteiger partial charge on any atom is 0.416 e. The summed E-state index contributed by atoms with van der Waals surface area (Å²) in [5, 5.41) is 13.4. The molecule has 0 aromatic heterocycles. The lowest BCUT2D eigenvalue weighted by molar-refractivity contribution is -0.386. The smallest absolute Gasteiger partial charge is 0.416 e. The number of alkyl halides is 3. The van der Waals surface area contributed by atoms with Crippen molar-refractivity contribution in [3.8, 4) is 5.75 Å². The Morgan fingerprint density at radius 2 is 1.83 bits per heavy atom. The SMILES string of the molecule is O=C(COc1ccc(C(F)(F)F)cc1[N+](=O)[O-])Nc1ccccc1. The molecule has 126 valence electrons. The fraction of sp³-hybridized carbons (Fsp3) is 0.133. The number of nitro groups is 1. The zero-order valence-corrected chi connectivity index (χ0v) is 12.0. The van der Waals surface area contributed by atoms with Gasteiger partial charge in [0.2, 0.25) is 0 Å². The summed E-state index contributed by atoms with van der Waals surface area (Å²) in [5.41, 5.74) is -1.54. The molecule has 0 unspecified atom stereocenters. The van der Waals surface area contributed by atoms with Crippen LogP contribution in [0.15, 0.2) is 48.5 Å². The van der Waals surface area contributed by atoms with Crippen LogP contribution in [-0.4, -0.2) is 17.4 Å². The Morgan fingerprint density at radius 3 is 2.42 bits per heavy atom. The largest absolute Gasteiger partial charge is 0.477 e. The molecule has 0 fully saturated rings. The van der Waals surface area contributed by atoms with Crippen LogP contribution in [0.5, 0.6) is 5.75 Å². The molecule has 1 N–H and O–H groups in total. The third-order valence-corrected chi connectivity index (χ3v) is 2.90. The Kier molecular flexibility index (Phi) is 5.02. The number of anilines is 1. The summed E-state index contributed by atoms with van der Waals surface area (Å²) in [7, 11) is 0. The van der Waals surface area contributed by atoms with E-state index < -0.39 is 40.6 Å². The second-order valence-electron chi connectivity index (χ2n) is 4.64. The van der Waals surface area contributed by atoms with Gasteiger partial charge in [-0.05, 0) is 24.3 Å². The first-order valence-electron chi connectivity index (χ1n) is 6.60. The van der Waals surface area contributed by atoms with Gasteiger partial charge in [-0.15, -0.1) is 0 Å². The van der Waals surface area contributed by atoms with E-state index in [0.29, 0.717) is 17.8 Å². The number of amides is 1. The zero-order chi connectivity index (χ0) is 17.7. The van der Waals surface area contributed by atoms with E-state index in [1.807, 2.05) is 0 Å². The zero-order valence-electron chi connectivity index (χ0n) is 12.0. The fourth-order valence-electron chi connectivity index (χ4n) is 1.82. The highest BCUT2D eigenvalue weighted by Gasteiger charge is 2.33. The number of rotatable bonds is 5. The number of nitrogens with one attached hydrogen (secondary N) is 1. The van der Waals surface area contributed by atoms with Crippen molar-refractivity contribution in [3.05, 3.63) is 64.2 Å². The van der Waals surface area contributed by atoms with Crippen LogP contribution >= 0.6 is 0 Å². The second kappa shape index (κ2) is 6.99. The van der Waals surface area contributed by atoms with E-state index in [1.54, 1.807) is 30.3 Å². The number of halogens is 3.